The predicted octanol–water partition coefficient (Wildman–Crippen LogP) is 2.08. The Morgan fingerprint density at radius 1 is 1.50 bits per heavy atom. The summed E-state index contributed by atoms with van der Waals surface area (Å²) in [6, 6.07) is 5.43. The Morgan fingerprint density at radius 2 is 2.27 bits per heavy atom. The van der Waals surface area contributed by atoms with Crippen molar-refractivity contribution in [1.82, 2.24) is 4.90 Å². The van der Waals surface area contributed by atoms with E-state index >= 15 is 0 Å². The summed E-state index contributed by atoms with van der Waals surface area (Å²) in [5.74, 6) is 0.467. The Kier molecular flexibility index (Phi) is 4.09. The van der Waals surface area contributed by atoms with Gasteiger partial charge in [0.25, 0.3) is 5.91 Å². The molecule has 1 spiro atoms. The number of carbonyl (C=O) groups excluding carboxylic acids is 2. The number of likely N-dealkylation sites (N-methyl/N-ethyl adjacent to an activating group) is 1. The van der Waals surface area contributed by atoms with E-state index in [1.807, 2.05) is 13.0 Å². The predicted molar refractivity (Wildman–Crippen MR) is 87.2 cm³/mol. The van der Waals surface area contributed by atoms with E-state index in [1.54, 1.807) is 21.9 Å². The van der Waals surface area contributed by atoms with Gasteiger partial charge in [-0.1, -0.05) is 11.6 Å². The molecule has 118 valence electrons. The van der Waals surface area contributed by atoms with Gasteiger partial charge in [0.2, 0.25) is 5.91 Å². The molecule has 5 nitrogen and oxygen atoms in total. The number of ether oxygens (including phenoxy) is 1. The Morgan fingerprint density at radius 3 is 2.95 bits per heavy atom. The first-order valence-electron chi connectivity index (χ1n) is 7.11. The highest BCUT2D eigenvalue weighted by Gasteiger charge is 2.59. The minimum Gasteiger partial charge on any atom is -0.375 e. The number of thioether (sulfide) groups is 1. The zero-order valence-electron chi connectivity index (χ0n) is 12.5. The molecule has 1 aromatic carbocycles. The fourth-order valence-corrected chi connectivity index (χ4v) is 4.80. The number of anilines is 1. The molecule has 2 aliphatic rings. The third-order valence-electron chi connectivity index (χ3n) is 4.04. The second-order valence-electron chi connectivity index (χ2n) is 5.18. The molecule has 0 bridgehead atoms. The van der Waals surface area contributed by atoms with Crippen LogP contribution in [0.25, 0.3) is 0 Å². The summed E-state index contributed by atoms with van der Waals surface area (Å²) in [7, 11) is 1.48. The van der Waals surface area contributed by atoms with E-state index in [9.17, 15) is 9.59 Å². The van der Waals surface area contributed by atoms with E-state index in [4.69, 9.17) is 16.3 Å². The van der Waals surface area contributed by atoms with Crippen LogP contribution in [0.2, 0.25) is 5.02 Å². The Balaban J connectivity index is 2.15. The van der Waals surface area contributed by atoms with Gasteiger partial charge in [-0.25, -0.2) is 0 Å². The van der Waals surface area contributed by atoms with Crippen molar-refractivity contribution in [3.05, 3.63) is 28.8 Å². The van der Waals surface area contributed by atoms with Crippen molar-refractivity contribution in [2.75, 3.05) is 37.5 Å². The lowest BCUT2D eigenvalue weighted by molar-refractivity contribution is -0.143. The summed E-state index contributed by atoms with van der Waals surface area (Å²) in [6.45, 7) is 2.98. The monoisotopic (exact) mass is 340 g/mol. The molecule has 0 saturated carbocycles. The van der Waals surface area contributed by atoms with Crippen molar-refractivity contribution in [3.8, 4) is 0 Å². The number of hydrogen-bond donors (Lipinski definition) is 0. The smallest absolute Gasteiger partial charge is 0.268 e. The molecule has 1 atom stereocenters. The van der Waals surface area contributed by atoms with E-state index in [1.165, 1.54) is 18.9 Å². The lowest BCUT2D eigenvalue weighted by Gasteiger charge is -2.33. The van der Waals surface area contributed by atoms with Crippen LogP contribution in [-0.4, -0.2) is 49.3 Å². The van der Waals surface area contributed by atoms with E-state index in [0.29, 0.717) is 23.9 Å². The van der Waals surface area contributed by atoms with Gasteiger partial charge < -0.3 is 14.5 Å². The molecular weight excluding hydrogens is 324 g/mol. The SMILES string of the molecule is CCN1C(=O)C2(SCCN2C(=O)COC)c2cc(Cl)ccc21. The number of fused-ring (bicyclic) bond motifs is 2. The van der Waals surface area contributed by atoms with Gasteiger partial charge in [0, 0.05) is 36.5 Å². The average molecular weight is 341 g/mol. The van der Waals surface area contributed by atoms with Crippen LogP contribution in [0.4, 0.5) is 5.69 Å². The Bertz CT molecular complexity index is 639. The largest absolute Gasteiger partial charge is 0.375 e. The van der Waals surface area contributed by atoms with E-state index < -0.39 is 4.87 Å². The van der Waals surface area contributed by atoms with Gasteiger partial charge in [0.1, 0.15) is 6.61 Å². The minimum atomic E-state index is -0.994. The minimum absolute atomic E-state index is 0.0301. The Labute approximate surface area is 138 Å². The lowest BCUT2D eigenvalue weighted by Crippen LogP contribution is -2.51. The second kappa shape index (κ2) is 5.76. The number of nitrogens with zero attached hydrogens (tertiary/aromatic N) is 2. The van der Waals surface area contributed by atoms with Crippen LogP contribution in [0.1, 0.15) is 12.5 Å². The molecule has 22 heavy (non-hydrogen) atoms. The number of rotatable bonds is 3. The van der Waals surface area contributed by atoms with Crippen LogP contribution >= 0.6 is 23.4 Å². The number of benzene rings is 1. The van der Waals surface area contributed by atoms with E-state index in [2.05, 4.69) is 0 Å². The van der Waals surface area contributed by atoms with Crippen molar-refractivity contribution < 1.29 is 14.3 Å². The highest BCUT2D eigenvalue weighted by molar-refractivity contribution is 8.01. The van der Waals surface area contributed by atoms with Gasteiger partial charge >= 0.3 is 0 Å². The molecule has 2 heterocycles. The molecule has 0 radical (unpaired) electrons. The fourth-order valence-electron chi connectivity index (χ4n) is 3.16. The summed E-state index contributed by atoms with van der Waals surface area (Å²) in [5, 5.41) is 0.565. The van der Waals surface area contributed by atoms with Gasteiger partial charge in [-0.3, -0.25) is 9.59 Å². The molecule has 2 amide bonds. The molecule has 0 N–H and O–H groups in total. The van der Waals surface area contributed by atoms with Crippen molar-refractivity contribution >= 4 is 40.9 Å². The number of hydrogen-bond acceptors (Lipinski definition) is 4. The molecule has 0 aromatic heterocycles. The van der Waals surface area contributed by atoms with Gasteiger partial charge in [-0.15, -0.1) is 11.8 Å². The average Bonchev–Trinajstić information content (AvgIpc) is 3.03. The van der Waals surface area contributed by atoms with Crippen molar-refractivity contribution in [3.63, 3.8) is 0 Å². The third kappa shape index (κ3) is 2.05. The molecule has 0 aliphatic carbocycles. The maximum atomic E-state index is 13.1. The summed E-state index contributed by atoms with van der Waals surface area (Å²) < 4.78 is 4.97. The van der Waals surface area contributed by atoms with Crippen LogP contribution in [0, 0.1) is 0 Å². The van der Waals surface area contributed by atoms with E-state index in [-0.39, 0.29) is 18.4 Å². The van der Waals surface area contributed by atoms with Gasteiger partial charge in [-0.05, 0) is 25.1 Å². The second-order valence-corrected chi connectivity index (χ2v) is 6.91. The van der Waals surface area contributed by atoms with Crippen molar-refractivity contribution in [2.24, 2.45) is 0 Å². The topological polar surface area (TPSA) is 49.9 Å². The highest BCUT2D eigenvalue weighted by Crippen LogP contribution is 2.54. The van der Waals surface area contributed by atoms with Crippen LogP contribution in [0.5, 0.6) is 0 Å². The van der Waals surface area contributed by atoms with Crippen LogP contribution in [0.15, 0.2) is 18.2 Å². The molecule has 7 heteroatoms. The zero-order valence-corrected chi connectivity index (χ0v) is 14.0. The quantitative estimate of drug-likeness (QED) is 0.845. The first-order chi connectivity index (χ1) is 10.6. The fraction of sp³-hybridized carbons (Fsp3) is 0.467. The number of halogens is 1. The summed E-state index contributed by atoms with van der Waals surface area (Å²) in [6.07, 6.45) is 0. The molecule has 3 rings (SSSR count). The van der Waals surface area contributed by atoms with Crippen LogP contribution in [0.3, 0.4) is 0 Å². The first-order valence-corrected chi connectivity index (χ1v) is 8.48. The first kappa shape index (κ1) is 15.6. The summed E-state index contributed by atoms with van der Waals surface area (Å²) in [5.41, 5.74) is 1.64. The molecule has 2 aliphatic heterocycles. The van der Waals surface area contributed by atoms with Crippen LogP contribution < -0.4 is 4.90 Å². The van der Waals surface area contributed by atoms with E-state index in [0.717, 1.165) is 11.3 Å². The summed E-state index contributed by atoms with van der Waals surface area (Å²) in [4.78, 5) is 27.9. The molecular formula is C15H17ClN2O3S. The van der Waals surface area contributed by atoms with Crippen molar-refractivity contribution in [1.29, 1.82) is 0 Å². The summed E-state index contributed by atoms with van der Waals surface area (Å²) >= 11 is 7.64. The lowest BCUT2D eigenvalue weighted by atomic mass is 10.1. The molecule has 1 fully saturated rings. The number of carbonyl (C=O) groups is 2. The van der Waals surface area contributed by atoms with Crippen molar-refractivity contribution in [2.45, 2.75) is 11.8 Å². The van der Waals surface area contributed by atoms with Gasteiger partial charge in [-0.2, -0.15) is 0 Å². The normalized spacial score (nSPS) is 23.5. The Hall–Kier alpha value is -1.24. The van der Waals surface area contributed by atoms with Crippen LogP contribution in [-0.2, 0) is 19.2 Å². The van der Waals surface area contributed by atoms with Gasteiger partial charge in [0.15, 0.2) is 4.87 Å². The van der Waals surface area contributed by atoms with Gasteiger partial charge in [0.05, 0.1) is 5.69 Å². The molecule has 1 aromatic rings. The number of methoxy groups -OCH3 is 1. The maximum Gasteiger partial charge on any atom is 0.268 e. The molecule has 1 unspecified atom stereocenters. The molecule has 1 saturated heterocycles. The standard InChI is InChI=1S/C15H17ClN2O3S/c1-3-17-12-5-4-10(16)8-11(12)15(14(17)20)18(6-7-22-15)13(19)9-21-2/h4-5,8H,3,6-7,9H2,1-2H3. The highest BCUT2D eigenvalue weighted by atomic mass is 35.5. The number of amides is 2. The maximum absolute atomic E-state index is 13.1. The zero-order chi connectivity index (χ0) is 15.9. The third-order valence-corrected chi connectivity index (χ3v) is 5.70.